The van der Waals surface area contributed by atoms with Gasteiger partial charge in [0, 0.05) is 24.4 Å². The van der Waals surface area contributed by atoms with Gasteiger partial charge in [0.25, 0.3) is 5.69 Å². The number of amides is 1. The molecule has 2 aliphatic heterocycles. The van der Waals surface area contributed by atoms with E-state index in [2.05, 4.69) is 10.3 Å². The van der Waals surface area contributed by atoms with Crippen LogP contribution in [-0.4, -0.2) is 40.0 Å². The fourth-order valence-electron chi connectivity index (χ4n) is 3.39. The Morgan fingerprint density at radius 3 is 2.80 bits per heavy atom. The Morgan fingerprint density at radius 1 is 1.37 bits per heavy atom. The molecule has 0 saturated heterocycles. The third-order valence-electron chi connectivity index (χ3n) is 4.61. The molecule has 2 heterocycles. The van der Waals surface area contributed by atoms with E-state index in [1.54, 1.807) is 30.9 Å². The molecule has 1 atom stereocenters. The molecule has 158 valence electrons. The summed E-state index contributed by atoms with van der Waals surface area (Å²) in [6.07, 6.45) is 0.0977. The van der Waals surface area contributed by atoms with Crippen molar-refractivity contribution in [3.63, 3.8) is 0 Å². The molecular formula is C20H22N4O5S. The highest BCUT2D eigenvalue weighted by atomic mass is 32.2. The van der Waals surface area contributed by atoms with Crippen LogP contribution in [0.15, 0.2) is 51.6 Å². The summed E-state index contributed by atoms with van der Waals surface area (Å²) in [6.45, 7) is 5.94. The number of amidine groups is 1. The molecule has 2 aliphatic rings. The number of rotatable bonds is 7. The number of carbonyl (C=O) groups is 2. The molecule has 0 aromatic heterocycles. The van der Waals surface area contributed by atoms with E-state index in [0.717, 1.165) is 0 Å². The fraction of sp³-hybridized carbons (Fsp3) is 0.350. The van der Waals surface area contributed by atoms with Crippen molar-refractivity contribution in [3.8, 4) is 0 Å². The summed E-state index contributed by atoms with van der Waals surface area (Å²) in [5, 5.41) is 16.5. The summed E-state index contributed by atoms with van der Waals surface area (Å²) in [7, 11) is 0. The number of hydrogen-bond acceptors (Lipinski definition) is 8. The van der Waals surface area contributed by atoms with Gasteiger partial charge >= 0.3 is 5.97 Å². The molecule has 0 saturated carbocycles. The standard InChI is InChI=1S/C20H22N4O5S/c1-4-21-16(25)10-15-11-30-20-22-12(3)17(19(26)29-5-2)18(23(15)20)13-7-6-8-14(9-13)24(27)28/h6-9,11,18H,4-5,10H2,1-3H3,(H,21,25). The lowest BCUT2D eigenvalue weighted by Crippen LogP contribution is -2.38. The summed E-state index contributed by atoms with van der Waals surface area (Å²) < 4.78 is 5.25. The zero-order valence-corrected chi connectivity index (χ0v) is 17.7. The summed E-state index contributed by atoms with van der Waals surface area (Å²) >= 11 is 1.35. The molecule has 0 bridgehead atoms. The fourth-order valence-corrected chi connectivity index (χ4v) is 4.35. The molecule has 3 rings (SSSR count). The Kier molecular flexibility index (Phi) is 6.56. The number of allylic oxidation sites excluding steroid dienone is 1. The van der Waals surface area contributed by atoms with Crippen LogP contribution in [0.5, 0.6) is 0 Å². The monoisotopic (exact) mass is 430 g/mol. The SMILES string of the molecule is CCNC(=O)CC1=CSC2=NC(C)=C(C(=O)OCC)C(c3cccc([N+](=O)[O-])c3)N12. The van der Waals surface area contributed by atoms with E-state index in [4.69, 9.17) is 4.74 Å². The summed E-state index contributed by atoms with van der Waals surface area (Å²) in [5.74, 6) is -0.698. The Balaban J connectivity index is 2.10. The van der Waals surface area contributed by atoms with Gasteiger partial charge in [-0.05, 0) is 31.7 Å². The van der Waals surface area contributed by atoms with Gasteiger partial charge in [-0.15, -0.1) is 0 Å². The van der Waals surface area contributed by atoms with E-state index < -0.39 is 16.9 Å². The van der Waals surface area contributed by atoms with E-state index in [1.807, 2.05) is 12.3 Å². The second-order valence-corrected chi connectivity index (χ2v) is 7.43. The van der Waals surface area contributed by atoms with Crippen LogP contribution >= 0.6 is 11.8 Å². The van der Waals surface area contributed by atoms with E-state index >= 15 is 0 Å². The van der Waals surface area contributed by atoms with Gasteiger partial charge in [0.05, 0.1) is 35.3 Å². The number of nitrogens with one attached hydrogen (secondary N) is 1. The number of benzene rings is 1. The van der Waals surface area contributed by atoms with Gasteiger partial charge in [-0.3, -0.25) is 14.9 Å². The Morgan fingerprint density at radius 2 is 2.13 bits per heavy atom. The number of non-ortho nitro benzene ring substituents is 1. The second kappa shape index (κ2) is 9.12. The summed E-state index contributed by atoms with van der Waals surface area (Å²) in [4.78, 5) is 42.2. The first-order valence-corrected chi connectivity index (χ1v) is 10.4. The van der Waals surface area contributed by atoms with Gasteiger partial charge in [0.2, 0.25) is 5.91 Å². The molecule has 1 amide bonds. The third-order valence-corrected chi connectivity index (χ3v) is 5.50. The number of nitro groups is 1. The summed E-state index contributed by atoms with van der Waals surface area (Å²) in [5.41, 5.74) is 1.90. The van der Waals surface area contributed by atoms with Crippen LogP contribution in [0.2, 0.25) is 0 Å². The highest BCUT2D eigenvalue weighted by Crippen LogP contribution is 2.45. The van der Waals surface area contributed by atoms with Gasteiger partial charge in [0.1, 0.15) is 0 Å². The Labute approximate surface area is 178 Å². The molecule has 30 heavy (non-hydrogen) atoms. The smallest absolute Gasteiger partial charge is 0.338 e. The first-order valence-electron chi connectivity index (χ1n) is 9.49. The normalized spacial score (nSPS) is 17.8. The molecule has 0 fully saturated rings. The number of nitro benzene ring substituents is 1. The predicted octanol–water partition coefficient (Wildman–Crippen LogP) is 3.26. The van der Waals surface area contributed by atoms with Crippen LogP contribution in [-0.2, 0) is 14.3 Å². The average molecular weight is 430 g/mol. The van der Waals surface area contributed by atoms with Crippen molar-refractivity contribution in [1.29, 1.82) is 0 Å². The van der Waals surface area contributed by atoms with Crippen molar-refractivity contribution in [1.82, 2.24) is 10.2 Å². The molecule has 1 N–H and O–H groups in total. The van der Waals surface area contributed by atoms with E-state index in [-0.39, 0.29) is 24.6 Å². The van der Waals surface area contributed by atoms with E-state index in [1.165, 1.54) is 23.9 Å². The second-order valence-electron chi connectivity index (χ2n) is 6.60. The molecule has 1 aromatic carbocycles. The first-order chi connectivity index (χ1) is 14.4. The lowest BCUT2D eigenvalue weighted by molar-refractivity contribution is -0.384. The number of thioether (sulfide) groups is 1. The summed E-state index contributed by atoms with van der Waals surface area (Å²) in [6, 6.07) is 5.44. The van der Waals surface area contributed by atoms with E-state index in [0.29, 0.717) is 34.2 Å². The van der Waals surface area contributed by atoms with Crippen LogP contribution < -0.4 is 5.32 Å². The molecule has 1 unspecified atom stereocenters. The van der Waals surface area contributed by atoms with Crippen LogP contribution in [0.25, 0.3) is 0 Å². The highest BCUT2D eigenvalue weighted by Gasteiger charge is 2.41. The quantitative estimate of drug-likeness (QED) is 0.401. The lowest BCUT2D eigenvalue weighted by Gasteiger charge is -2.36. The number of nitrogens with zero attached hydrogens (tertiary/aromatic N) is 3. The maximum Gasteiger partial charge on any atom is 0.338 e. The molecular weight excluding hydrogens is 408 g/mol. The third kappa shape index (κ3) is 4.23. The molecule has 10 heteroatoms. The van der Waals surface area contributed by atoms with Crippen molar-refractivity contribution in [2.75, 3.05) is 13.2 Å². The number of aliphatic imine (C=N–C) groups is 1. The van der Waals surface area contributed by atoms with Gasteiger partial charge in [-0.25, -0.2) is 9.79 Å². The minimum Gasteiger partial charge on any atom is -0.463 e. The molecule has 1 aromatic rings. The Hall–Kier alpha value is -3.14. The van der Waals surface area contributed by atoms with Gasteiger partial charge < -0.3 is 15.0 Å². The van der Waals surface area contributed by atoms with Crippen molar-refractivity contribution < 1.29 is 19.2 Å². The zero-order chi connectivity index (χ0) is 21.8. The van der Waals surface area contributed by atoms with Crippen LogP contribution in [0.4, 0.5) is 5.69 Å². The maximum atomic E-state index is 12.8. The molecule has 9 nitrogen and oxygen atoms in total. The molecule has 0 aliphatic carbocycles. The number of hydrogen-bond donors (Lipinski definition) is 1. The number of carbonyl (C=O) groups excluding carboxylic acids is 2. The van der Waals surface area contributed by atoms with Gasteiger partial charge in [-0.2, -0.15) is 0 Å². The van der Waals surface area contributed by atoms with Crippen molar-refractivity contribution in [2.45, 2.75) is 33.2 Å². The largest absolute Gasteiger partial charge is 0.463 e. The Bertz CT molecular complexity index is 985. The predicted molar refractivity (Wildman–Crippen MR) is 113 cm³/mol. The van der Waals surface area contributed by atoms with Gasteiger partial charge in [-0.1, -0.05) is 23.9 Å². The van der Waals surface area contributed by atoms with Crippen molar-refractivity contribution >= 4 is 34.5 Å². The van der Waals surface area contributed by atoms with Crippen molar-refractivity contribution in [3.05, 3.63) is 62.3 Å². The number of esters is 1. The average Bonchev–Trinajstić information content (AvgIpc) is 3.09. The zero-order valence-electron chi connectivity index (χ0n) is 16.9. The molecule has 0 radical (unpaired) electrons. The van der Waals surface area contributed by atoms with Crippen molar-refractivity contribution in [2.24, 2.45) is 4.99 Å². The first kappa shape index (κ1) is 21.6. The minimum atomic E-state index is -0.688. The topological polar surface area (TPSA) is 114 Å². The lowest BCUT2D eigenvalue weighted by atomic mass is 9.93. The van der Waals surface area contributed by atoms with Crippen LogP contribution in [0.1, 0.15) is 38.8 Å². The number of fused-ring (bicyclic) bond motifs is 1. The van der Waals surface area contributed by atoms with Crippen LogP contribution in [0, 0.1) is 10.1 Å². The van der Waals surface area contributed by atoms with Crippen LogP contribution in [0.3, 0.4) is 0 Å². The minimum absolute atomic E-state index is 0.0847. The van der Waals surface area contributed by atoms with Gasteiger partial charge in [0.15, 0.2) is 5.17 Å². The maximum absolute atomic E-state index is 12.8. The van der Waals surface area contributed by atoms with E-state index in [9.17, 15) is 19.7 Å². The molecule has 0 spiro atoms. The highest BCUT2D eigenvalue weighted by molar-refractivity contribution is 8.16. The number of ether oxygens (including phenoxy) is 1.